The van der Waals surface area contributed by atoms with E-state index in [1.54, 1.807) is 12.3 Å². The molecule has 0 radical (unpaired) electrons. The van der Waals surface area contributed by atoms with Crippen LogP contribution in [0.3, 0.4) is 0 Å². The normalized spacial score (nSPS) is 12.6. The zero-order valence-electron chi connectivity index (χ0n) is 15.6. The Hall–Kier alpha value is -1.30. The van der Waals surface area contributed by atoms with Crippen LogP contribution in [0.15, 0.2) is 23.3 Å². The Balaban J connectivity index is 4.53. The fraction of sp³-hybridized carbons (Fsp3) is 0.722. The number of hydrogen-bond acceptors (Lipinski definition) is 5. The van der Waals surface area contributed by atoms with Crippen LogP contribution < -0.4 is 0 Å². The molecule has 5 nitrogen and oxygen atoms in total. The first kappa shape index (κ1) is 22.7. The molecule has 0 unspecified atom stereocenters. The molecule has 0 spiro atoms. The maximum Gasteiger partial charge on any atom is 0.349 e. The van der Waals surface area contributed by atoms with E-state index >= 15 is 0 Å². The van der Waals surface area contributed by atoms with Gasteiger partial charge in [-0.15, -0.1) is 0 Å². The third-order valence-electron chi connectivity index (χ3n) is 3.69. The van der Waals surface area contributed by atoms with Crippen LogP contribution in [0.25, 0.3) is 0 Å². The summed E-state index contributed by atoms with van der Waals surface area (Å²) in [5.74, 6) is -0.768. The van der Waals surface area contributed by atoms with Gasteiger partial charge in [-0.2, -0.15) is 0 Å². The minimum absolute atomic E-state index is 0.261. The van der Waals surface area contributed by atoms with Crippen LogP contribution in [-0.2, 0) is 19.4 Å². The Morgan fingerprint density at radius 1 is 1.00 bits per heavy atom. The largest absolute Gasteiger partial charge is 0.462 e. The van der Waals surface area contributed by atoms with Crippen molar-refractivity contribution in [3.8, 4) is 0 Å². The summed E-state index contributed by atoms with van der Waals surface area (Å²) in [5.41, 5.74) is 0. The molecule has 0 aliphatic heterocycles. The first-order chi connectivity index (χ1) is 11.4. The van der Waals surface area contributed by atoms with Crippen LogP contribution in [-0.4, -0.2) is 45.2 Å². The second-order valence-corrected chi connectivity index (χ2v) is 7.75. The SMILES string of the molecule is CCCCCCCCOC(=O)C(=CC=CN(CC)CC)S(C)(=O)=O. The molecular formula is C18H33NO4S. The average Bonchev–Trinajstić information content (AvgIpc) is 2.53. The second-order valence-electron chi connectivity index (χ2n) is 5.77. The Kier molecular flexibility index (Phi) is 12.3. The van der Waals surface area contributed by atoms with Gasteiger partial charge in [0.05, 0.1) is 6.61 Å². The highest BCUT2D eigenvalue weighted by atomic mass is 32.2. The predicted octanol–water partition coefficient (Wildman–Crippen LogP) is 3.67. The summed E-state index contributed by atoms with van der Waals surface area (Å²) < 4.78 is 28.7. The molecule has 0 bridgehead atoms. The molecule has 0 aliphatic carbocycles. The minimum atomic E-state index is -3.61. The van der Waals surface area contributed by atoms with Gasteiger partial charge >= 0.3 is 5.97 Å². The number of sulfone groups is 1. The summed E-state index contributed by atoms with van der Waals surface area (Å²) >= 11 is 0. The van der Waals surface area contributed by atoms with Crippen LogP contribution in [0.1, 0.15) is 59.3 Å². The monoisotopic (exact) mass is 359 g/mol. The molecule has 24 heavy (non-hydrogen) atoms. The van der Waals surface area contributed by atoms with Gasteiger partial charge in [-0.1, -0.05) is 39.0 Å². The number of hydrogen-bond donors (Lipinski definition) is 0. The number of nitrogens with zero attached hydrogens (tertiary/aromatic N) is 1. The van der Waals surface area contributed by atoms with Crippen molar-refractivity contribution in [3.63, 3.8) is 0 Å². The Morgan fingerprint density at radius 2 is 1.58 bits per heavy atom. The summed E-state index contributed by atoms with van der Waals surface area (Å²) in [5, 5.41) is 0. The van der Waals surface area contributed by atoms with Crippen LogP contribution >= 0.6 is 0 Å². The second kappa shape index (κ2) is 13.0. The fourth-order valence-electron chi connectivity index (χ4n) is 2.15. The van der Waals surface area contributed by atoms with E-state index in [0.29, 0.717) is 0 Å². The quantitative estimate of drug-likeness (QED) is 0.217. The molecule has 0 aliphatic rings. The third kappa shape index (κ3) is 10.5. The Labute approximate surface area is 147 Å². The van der Waals surface area contributed by atoms with Gasteiger partial charge in [0, 0.05) is 19.3 Å². The van der Waals surface area contributed by atoms with Crippen molar-refractivity contribution in [3.05, 3.63) is 23.3 Å². The smallest absolute Gasteiger partial charge is 0.349 e. The summed E-state index contributed by atoms with van der Waals surface area (Å²) in [6, 6.07) is 0. The van der Waals surface area contributed by atoms with E-state index < -0.39 is 15.8 Å². The number of allylic oxidation sites excluding steroid dienone is 2. The highest BCUT2D eigenvalue weighted by Gasteiger charge is 2.21. The van der Waals surface area contributed by atoms with Crippen molar-refractivity contribution >= 4 is 15.8 Å². The summed E-state index contributed by atoms with van der Waals surface area (Å²) in [7, 11) is -3.61. The van der Waals surface area contributed by atoms with Gasteiger partial charge in [-0.05, 0) is 38.6 Å². The summed E-state index contributed by atoms with van der Waals surface area (Å²) in [4.78, 5) is 13.7. The lowest BCUT2D eigenvalue weighted by Crippen LogP contribution is -2.17. The Morgan fingerprint density at radius 3 is 2.12 bits per heavy atom. The molecule has 6 heteroatoms. The fourth-order valence-corrected chi connectivity index (χ4v) is 2.84. The summed E-state index contributed by atoms with van der Waals surface area (Å²) in [6.45, 7) is 8.07. The molecule has 0 saturated heterocycles. The van der Waals surface area contributed by atoms with E-state index in [-0.39, 0.29) is 11.5 Å². The lowest BCUT2D eigenvalue weighted by atomic mass is 10.1. The van der Waals surface area contributed by atoms with Crippen molar-refractivity contribution in [2.45, 2.75) is 59.3 Å². The number of carbonyl (C=O) groups is 1. The Bertz CT molecular complexity index is 505. The van der Waals surface area contributed by atoms with Crippen LogP contribution in [0.2, 0.25) is 0 Å². The number of esters is 1. The molecular weight excluding hydrogens is 326 g/mol. The number of carbonyl (C=O) groups excluding carboxylic acids is 1. The van der Waals surface area contributed by atoms with Gasteiger partial charge in [0.2, 0.25) is 0 Å². The van der Waals surface area contributed by atoms with Gasteiger partial charge in [0.1, 0.15) is 0 Å². The highest BCUT2D eigenvalue weighted by molar-refractivity contribution is 7.95. The van der Waals surface area contributed by atoms with Gasteiger partial charge in [0.25, 0.3) is 0 Å². The first-order valence-corrected chi connectivity index (χ1v) is 10.8. The molecule has 0 aromatic heterocycles. The molecule has 0 amide bonds. The lowest BCUT2D eigenvalue weighted by molar-refractivity contribution is -0.138. The topological polar surface area (TPSA) is 63.7 Å². The molecule has 0 atom stereocenters. The predicted molar refractivity (Wildman–Crippen MR) is 99.3 cm³/mol. The number of rotatable bonds is 13. The standard InChI is InChI=1S/C18H33NO4S/c1-5-8-9-10-11-12-16-23-18(20)17(24(4,21)22)14-13-15-19(6-2)7-3/h13-15H,5-12,16H2,1-4H3. The van der Waals surface area contributed by atoms with Crippen molar-refractivity contribution in [1.29, 1.82) is 0 Å². The van der Waals surface area contributed by atoms with Gasteiger partial charge in [-0.25, -0.2) is 13.2 Å². The van der Waals surface area contributed by atoms with Crippen molar-refractivity contribution in [2.75, 3.05) is 26.0 Å². The molecule has 0 aromatic rings. The van der Waals surface area contributed by atoms with E-state index in [4.69, 9.17) is 4.74 Å². The number of unbranched alkanes of at least 4 members (excludes halogenated alkanes) is 5. The zero-order valence-corrected chi connectivity index (χ0v) is 16.4. The molecule has 0 rings (SSSR count). The number of ether oxygens (including phenoxy) is 1. The van der Waals surface area contributed by atoms with Crippen molar-refractivity contribution in [2.24, 2.45) is 0 Å². The first-order valence-electron chi connectivity index (χ1n) is 8.86. The maximum atomic E-state index is 12.0. The molecule has 140 valence electrons. The van der Waals surface area contributed by atoms with Gasteiger partial charge in [0.15, 0.2) is 14.7 Å². The molecule has 0 aromatic carbocycles. The molecule has 0 heterocycles. The van der Waals surface area contributed by atoms with E-state index in [1.165, 1.54) is 25.3 Å². The van der Waals surface area contributed by atoms with E-state index in [2.05, 4.69) is 6.92 Å². The van der Waals surface area contributed by atoms with Crippen LogP contribution in [0.5, 0.6) is 0 Å². The molecule has 0 fully saturated rings. The van der Waals surface area contributed by atoms with Gasteiger partial charge < -0.3 is 9.64 Å². The summed E-state index contributed by atoms with van der Waals surface area (Å²) in [6.07, 6.45) is 12.2. The van der Waals surface area contributed by atoms with Crippen LogP contribution in [0.4, 0.5) is 0 Å². The van der Waals surface area contributed by atoms with Crippen LogP contribution in [0, 0.1) is 0 Å². The van der Waals surface area contributed by atoms with E-state index in [9.17, 15) is 13.2 Å². The molecule has 0 saturated carbocycles. The highest BCUT2D eigenvalue weighted by Crippen LogP contribution is 2.10. The molecule has 0 N–H and O–H groups in total. The van der Waals surface area contributed by atoms with Crippen molar-refractivity contribution < 1.29 is 17.9 Å². The third-order valence-corrected chi connectivity index (χ3v) is 4.79. The maximum absolute atomic E-state index is 12.0. The average molecular weight is 360 g/mol. The minimum Gasteiger partial charge on any atom is -0.462 e. The van der Waals surface area contributed by atoms with E-state index in [0.717, 1.165) is 38.6 Å². The van der Waals surface area contributed by atoms with Gasteiger partial charge in [-0.3, -0.25) is 0 Å². The lowest BCUT2D eigenvalue weighted by Gasteiger charge is -2.14. The zero-order chi connectivity index (χ0) is 18.4. The van der Waals surface area contributed by atoms with E-state index in [1.807, 2.05) is 18.7 Å². The van der Waals surface area contributed by atoms with Crippen molar-refractivity contribution in [1.82, 2.24) is 4.90 Å².